The van der Waals surface area contributed by atoms with E-state index in [1.807, 2.05) is 35.7 Å². The first kappa shape index (κ1) is 22.5. The Hall–Kier alpha value is -3.19. The predicted molar refractivity (Wildman–Crippen MR) is 123 cm³/mol. The average molecular weight is 438 g/mol. The zero-order chi connectivity index (χ0) is 21.9. The Labute approximate surface area is 186 Å². The zero-order valence-corrected chi connectivity index (χ0v) is 18.4. The molecule has 0 saturated heterocycles. The lowest BCUT2D eigenvalue weighted by Crippen LogP contribution is -2.28. The number of aromatic nitrogens is 1. The molecule has 7 heteroatoms. The van der Waals surface area contributed by atoms with Crippen LogP contribution < -0.4 is 10.6 Å². The molecule has 0 unspecified atom stereocenters. The zero-order valence-electron chi connectivity index (χ0n) is 17.6. The minimum absolute atomic E-state index is 0.0339. The quantitative estimate of drug-likeness (QED) is 0.458. The number of nitrogens with one attached hydrogen (secondary N) is 2. The van der Waals surface area contributed by atoms with E-state index < -0.39 is 6.09 Å². The number of amides is 2. The monoisotopic (exact) mass is 437 g/mol. The molecule has 0 radical (unpaired) electrons. The number of rotatable bonds is 10. The minimum atomic E-state index is -0.475. The molecule has 0 fully saturated rings. The summed E-state index contributed by atoms with van der Waals surface area (Å²) in [6.45, 7) is 3.23. The van der Waals surface area contributed by atoms with E-state index in [0.717, 1.165) is 21.8 Å². The largest absolute Gasteiger partial charge is 0.445 e. The van der Waals surface area contributed by atoms with Crippen LogP contribution in [0.5, 0.6) is 0 Å². The summed E-state index contributed by atoms with van der Waals surface area (Å²) in [5, 5.41) is 8.59. The van der Waals surface area contributed by atoms with Crippen LogP contribution in [-0.2, 0) is 22.6 Å². The smallest absolute Gasteiger partial charge is 0.407 e. The number of aryl methyl sites for hydroxylation is 1. The van der Waals surface area contributed by atoms with Crippen LogP contribution in [0.15, 0.2) is 60.0 Å². The molecule has 6 nitrogen and oxygen atoms in total. The fourth-order valence-electron chi connectivity index (χ4n) is 2.88. The summed E-state index contributed by atoms with van der Waals surface area (Å²) in [7, 11) is 0. The lowest BCUT2D eigenvalue weighted by Gasteiger charge is -2.07. The van der Waals surface area contributed by atoms with Gasteiger partial charge in [-0.3, -0.25) is 4.79 Å². The Bertz CT molecular complexity index is 971. The molecule has 0 saturated carbocycles. The second-order valence-electron chi connectivity index (χ2n) is 7.20. The number of ether oxygens (including phenoxy) is 1. The summed E-state index contributed by atoms with van der Waals surface area (Å²) in [5.41, 5.74) is 4.25. The molecule has 1 heterocycles. The van der Waals surface area contributed by atoms with Gasteiger partial charge >= 0.3 is 6.09 Å². The SMILES string of the molecule is Cc1ccc(-c2nc(CCNC(=O)CCCNC(=O)OCc3ccccc3)cs2)cc1. The molecule has 2 N–H and O–H groups in total. The Balaban J connectivity index is 1.26. The summed E-state index contributed by atoms with van der Waals surface area (Å²) in [6, 6.07) is 17.8. The van der Waals surface area contributed by atoms with E-state index in [1.54, 1.807) is 11.3 Å². The fraction of sp³-hybridized carbons (Fsp3) is 0.292. The maximum absolute atomic E-state index is 12.0. The number of alkyl carbamates (subject to hydrolysis) is 1. The van der Waals surface area contributed by atoms with Crippen molar-refractivity contribution in [2.24, 2.45) is 0 Å². The second-order valence-corrected chi connectivity index (χ2v) is 8.06. The number of carbonyl (C=O) groups excluding carboxylic acids is 2. The van der Waals surface area contributed by atoms with Crippen molar-refractivity contribution in [1.29, 1.82) is 0 Å². The first-order chi connectivity index (χ1) is 15.1. The summed E-state index contributed by atoms with van der Waals surface area (Å²) in [4.78, 5) is 28.3. The highest BCUT2D eigenvalue weighted by Gasteiger charge is 2.07. The van der Waals surface area contributed by atoms with E-state index in [1.165, 1.54) is 5.56 Å². The maximum Gasteiger partial charge on any atom is 0.407 e. The minimum Gasteiger partial charge on any atom is -0.445 e. The molecule has 0 atom stereocenters. The molecule has 3 rings (SSSR count). The highest BCUT2D eigenvalue weighted by Crippen LogP contribution is 2.24. The summed E-state index contributed by atoms with van der Waals surface area (Å²) >= 11 is 1.61. The van der Waals surface area contributed by atoms with Crippen molar-refractivity contribution >= 4 is 23.3 Å². The third kappa shape index (κ3) is 7.86. The molecule has 31 heavy (non-hydrogen) atoms. The fourth-order valence-corrected chi connectivity index (χ4v) is 3.74. The molecule has 0 aliphatic carbocycles. The maximum atomic E-state index is 12.0. The van der Waals surface area contributed by atoms with Gasteiger partial charge in [-0.25, -0.2) is 9.78 Å². The van der Waals surface area contributed by atoms with Crippen LogP contribution in [0, 0.1) is 6.92 Å². The van der Waals surface area contributed by atoms with Gasteiger partial charge in [-0.15, -0.1) is 11.3 Å². The van der Waals surface area contributed by atoms with Crippen LogP contribution in [0.2, 0.25) is 0 Å². The van der Waals surface area contributed by atoms with Gasteiger partial charge in [0.25, 0.3) is 0 Å². The average Bonchev–Trinajstić information content (AvgIpc) is 3.25. The third-order valence-corrected chi connectivity index (χ3v) is 5.56. The molecule has 1 aromatic heterocycles. The van der Waals surface area contributed by atoms with Crippen molar-refractivity contribution in [3.05, 3.63) is 76.8 Å². The van der Waals surface area contributed by atoms with Crippen LogP contribution in [0.4, 0.5) is 4.79 Å². The van der Waals surface area contributed by atoms with Crippen LogP contribution in [0.25, 0.3) is 10.6 Å². The number of carbonyl (C=O) groups is 2. The lowest BCUT2D eigenvalue weighted by atomic mass is 10.2. The van der Waals surface area contributed by atoms with E-state index >= 15 is 0 Å². The molecule has 2 amide bonds. The van der Waals surface area contributed by atoms with Crippen LogP contribution >= 0.6 is 11.3 Å². The van der Waals surface area contributed by atoms with E-state index in [-0.39, 0.29) is 12.5 Å². The third-order valence-electron chi connectivity index (χ3n) is 4.62. The lowest BCUT2D eigenvalue weighted by molar-refractivity contribution is -0.121. The number of benzene rings is 2. The molecular formula is C24H27N3O3S. The van der Waals surface area contributed by atoms with Gasteiger partial charge in [0.2, 0.25) is 5.91 Å². The first-order valence-electron chi connectivity index (χ1n) is 10.3. The van der Waals surface area contributed by atoms with Gasteiger partial charge in [-0.1, -0.05) is 60.2 Å². The van der Waals surface area contributed by atoms with Gasteiger partial charge in [-0.2, -0.15) is 0 Å². The molecule has 0 aliphatic heterocycles. The van der Waals surface area contributed by atoms with Gasteiger partial charge in [-0.05, 0) is 18.9 Å². The van der Waals surface area contributed by atoms with E-state index in [9.17, 15) is 9.59 Å². The van der Waals surface area contributed by atoms with E-state index in [4.69, 9.17) is 4.74 Å². The highest BCUT2D eigenvalue weighted by atomic mass is 32.1. The van der Waals surface area contributed by atoms with Crippen LogP contribution in [-0.4, -0.2) is 30.1 Å². The van der Waals surface area contributed by atoms with Gasteiger partial charge in [0.1, 0.15) is 11.6 Å². The summed E-state index contributed by atoms with van der Waals surface area (Å²) < 4.78 is 5.13. The van der Waals surface area contributed by atoms with Crippen molar-refractivity contribution < 1.29 is 14.3 Å². The number of thiazole rings is 1. The number of hydrogen-bond donors (Lipinski definition) is 2. The summed E-state index contributed by atoms with van der Waals surface area (Å²) in [6.07, 6.45) is 1.13. The van der Waals surface area contributed by atoms with Gasteiger partial charge in [0.15, 0.2) is 0 Å². The molecule has 0 aliphatic rings. The van der Waals surface area contributed by atoms with Crippen molar-refractivity contribution in [2.75, 3.05) is 13.1 Å². The Morgan fingerprint density at radius 2 is 1.77 bits per heavy atom. The van der Waals surface area contributed by atoms with Crippen molar-refractivity contribution in [2.45, 2.75) is 32.8 Å². The van der Waals surface area contributed by atoms with E-state index in [2.05, 4.69) is 46.8 Å². The Morgan fingerprint density at radius 3 is 2.55 bits per heavy atom. The van der Waals surface area contributed by atoms with Gasteiger partial charge in [0.05, 0.1) is 5.69 Å². The number of nitrogens with zero attached hydrogens (tertiary/aromatic N) is 1. The van der Waals surface area contributed by atoms with Gasteiger partial charge in [0, 0.05) is 36.9 Å². The molecule has 162 valence electrons. The summed E-state index contributed by atoms with van der Waals surface area (Å²) in [5.74, 6) is -0.0339. The van der Waals surface area contributed by atoms with E-state index in [0.29, 0.717) is 32.4 Å². The predicted octanol–water partition coefficient (Wildman–Crippen LogP) is 4.48. The normalized spacial score (nSPS) is 10.5. The topological polar surface area (TPSA) is 80.3 Å². The second kappa shape index (κ2) is 11.9. The molecular weight excluding hydrogens is 410 g/mol. The molecule has 0 spiro atoms. The first-order valence-corrected chi connectivity index (χ1v) is 11.2. The Kier molecular flexibility index (Phi) is 8.60. The van der Waals surface area contributed by atoms with Crippen LogP contribution in [0.3, 0.4) is 0 Å². The molecule has 2 aromatic carbocycles. The van der Waals surface area contributed by atoms with Crippen molar-refractivity contribution in [1.82, 2.24) is 15.6 Å². The van der Waals surface area contributed by atoms with Crippen LogP contribution in [0.1, 0.15) is 29.7 Å². The van der Waals surface area contributed by atoms with Gasteiger partial charge < -0.3 is 15.4 Å². The van der Waals surface area contributed by atoms with Crippen molar-refractivity contribution in [3.63, 3.8) is 0 Å². The highest BCUT2D eigenvalue weighted by molar-refractivity contribution is 7.13. The Morgan fingerprint density at radius 1 is 1.00 bits per heavy atom. The standard InChI is InChI=1S/C24H27N3O3S/c1-18-9-11-20(12-10-18)23-27-21(17-31-23)13-15-25-22(28)8-5-14-26-24(29)30-16-19-6-3-2-4-7-19/h2-4,6-7,9-12,17H,5,8,13-16H2,1H3,(H,25,28)(H,26,29). The molecule has 3 aromatic rings. The van der Waals surface area contributed by atoms with Crippen molar-refractivity contribution in [3.8, 4) is 10.6 Å². The molecule has 0 bridgehead atoms. The number of hydrogen-bond acceptors (Lipinski definition) is 5.